The maximum absolute atomic E-state index is 12.2. The van der Waals surface area contributed by atoms with Crippen molar-refractivity contribution in [2.45, 2.75) is 24.2 Å². The molecular weight excluding hydrogens is 306 g/mol. The largest absolute Gasteiger partial charge is 0.306 e. The number of sulfonamides is 1. The van der Waals surface area contributed by atoms with Crippen LogP contribution in [-0.4, -0.2) is 44.9 Å². The lowest BCUT2D eigenvalue weighted by Gasteiger charge is -2.28. The Morgan fingerprint density at radius 2 is 1.95 bits per heavy atom. The Kier molecular flexibility index (Phi) is 5.49. The third-order valence-electron chi connectivity index (χ3n) is 4.03. The van der Waals surface area contributed by atoms with E-state index >= 15 is 0 Å². The fourth-order valence-corrected chi connectivity index (χ4v) is 3.88. The first-order valence-electron chi connectivity index (χ1n) is 7.32. The summed E-state index contributed by atoms with van der Waals surface area (Å²) < 4.78 is 26.9. The fourth-order valence-electron chi connectivity index (χ4n) is 2.66. The summed E-state index contributed by atoms with van der Waals surface area (Å²) in [6.45, 7) is 2.37. The number of para-hydroxylation sites is 1. The summed E-state index contributed by atoms with van der Waals surface area (Å²) in [6, 6.07) is 5.40. The molecular formula is C14H21N3O4S. The Balaban J connectivity index is 1.96. The minimum Gasteiger partial charge on any atom is -0.306 e. The standard InChI is InChI=1S/C14H21N3O4S/c1-16-10-7-12(8-11-16)6-9-15-22(20,21)14-5-3-2-4-13(14)17(18)19/h2-5,12,15H,6-11H2,1H3. The molecule has 1 heterocycles. The minimum absolute atomic E-state index is 0.275. The first kappa shape index (κ1) is 16.9. The maximum atomic E-state index is 12.2. The number of hydrogen-bond donors (Lipinski definition) is 1. The molecule has 0 unspecified atom stereocenters. The number of rotatable bonds is 6. The monoisotopic (exact) mass is 327 g/mol. The van der Waals surface area contributed by atoms with E-state index in [1.54, 1.807) is 0 Å². The van der Waals surface area contributed by atoms with Crippen LogP contribution in [-0.2, 0) is 10.0 Å². The van der Waals surface area contributed by atoms with Gasteiger partial charge in [-0.25, -0.2) is 13.1 Å². The average molecular weight is 327 g/mol. The predicted octanol–water partition coefficient (Wildman–Crippen LogP) is 1.60. The molecule has 0 amide bonds. The highest BCUT2D eigenvalue weighted by atomic mass is 32.2. The van der Waals surface area contributed by atoms with Gasteiger partial charge in [0.15, 0.2) is 4.90 Å². The van der Waals surface area contributed by atoms with Gasteiger partial charge >= 0.3 is 0 Å². The summed E-state index contributed by atoms with van der Waals surface area (Å²) in [5, 5.41) is 10.9. The normalized spacial score (nSPS) is 17.5. The van der Waals surface area contributed by atoms with Gasteiger partial charge < -0.3 is 4.90 Å². The third-order valence-corrected chi connectivity index (χ3v) is 5.54. The average Bonchev–Trinajstić information content (AvgIpc) is 2.49. The number of nitrogens with zero attached hydrogens (tertiary/aromatic N) is 2. The molecule has 1 fully saturated rings. The number of nitro groups is 1. The molecule has 8 heteroatoms. The van der Waals surface area contributed by atoms with Crippen molar-refractivity contribution in [1.29, 1.82) is 0 Å². The van der Waals surface area contributed by atoms with E-state index in [0.29, 0.717) is 12.5 Å². The molecule has 0 spiro atoms. The first-order chi connectivity index (χ1) is 10.4. The van der Waals surface area contributed by atoms with E-state index in [0.717, 1.165) is 32.4 Å². The van der Waals surface area contributed by atoms with E-state index in [9.17, 15) is 18.5 Å². The second-order valence-electron chi connectivity index (χ2n) is 5.66. The number of nitro benzene ring substituents is 1. The number of nitrogens with one attached hydrogen (secondary N) is 1. The SMILES string of the molecule is CN1CCC(CCNS(=O)(=O)c2ccccc2[N+](=O)[O-])CC1. The highest BCUT2D eigenvalue weighted by molar-refractivity contribution is 7.89. The van der Waals surface area contributed by atoms with Crippen molar-refractivity contribution in [3.63, 3.8) is 0 Å². The molecule has 0 radical (unpaired) electrons. The summed E-state index contributed by atoms with van der Waals surface area (Å²) in [5.41, 5.74) is -0.394. The maximum Gasteiger partial charge on any atom is 0.289 e. The Morgan fingerprint density at radius 1 is 1.32 bits per heavy atom. The summed E-state index contributed by atoms with van der Waals surface area (Å²) in [6.07, 6.45) is 2.88. The molecule has 0 atom stereocenters. The quantitative estimate of drug-likeness (QED) is 0.633. The molecule has 2 rings (SSSR count). The zero-order chi connectivity index (χ0) is 16.2. The highest BCUT2D eigenvalue weighted by Crippen LogP contribution is 2.23. The van der Waals surface area contributed by atoms with Crippen LogP contribution in [0.4, 0.5) is 5.69 Å². The fraction of sp³-hybridized carbons (Fsp3) is 0.571. The van der Waals surface area contributed by atoms with Crippen LogP contribution in [0, 0.1) is 16.0 Å². The van der Waals surface area contributed by atoms with Gasteiger partial charge in [-0.05, 0) is 51.4 Å². The number of likely N-dealkylation sites (tertiary alicyclic amines) is 1. The van der Waals surface area contributed by atoms with E-state index in [1.165, 1.54) is 24.3 Å². The Morgan fingerprint density at radius 3 is 2.59 bits per heavy atom. The minimum atomic E-state index is -3.85. The molecule has 1 aromatic carbocycles. The van der Waals surface area contributed by atoms with Crippen molar-refractivity contribution in [1.82, 2.24) is 9.62 Å². The van der Waals surface area contributed by atoms with Crippen molar-refractivity contribution in [3.05, 3.63) is 34.4 Å². The third kappa shape index (κ3) is 4.25. The molecule has 1 saturated heterocycles. The van der Waals surface area contributed by atoms with Crippen molar-refractivity contribution in [3.8, 4) is 0 Å². The molecule has 0 aliphatic carbocycles. The topological polar surface area (TPSA) is 92.6 Å². The zero-order valence-electron chi connectivity index (χ0n) is 12.6. The van der Waals surface area contributed by atoms with Crippen LogP contribution in [0.25, 0.3) is 0 Å². The lowest BCUT2D eigenvalue weighted by molar-refractivity contribution is -0.387. The first-order valence-corrected chi connectivity index (χ1v) is 8.80. The predicted molar refractivity (Wildman–Crippen MR) is 83.1 cm³/mol. The van der Waals surface area contributed by atoms with Crippen molar-refractivity contribution < 1.29 is 13.3 Å². The molecule has 1 aliphatic heterocycles. The second kappa shape index (κ2) is 7.17. The lowest BCUT2D eigenvalue weighted by Crippen LogP contribution is -2.32. The van der Waals surface area contributed by atoms with Gasteiger partial charge in [0, 0.05) is 12.6 Å². The highest BCUT2D eigenvalue weighted by Gasteiger charge is 2.25. The summed E-state index contributed by atoms with van der Waals surface area (Å²) >= 11 is 0. The van der Waals surface area contributed by atoms with Crippen LogP contribution in [0.2, 0.25) is 0 Å². The Labute approximate surface area is 130 Å². The van der Waals surface area contributed by atoms with E-state index < -0.39 is 20.6 Å². The summed E-state index contributed by atoms with van der Waals surface area (Å²) in [7, 11) is -1.77. The number of piperidine rings is 1. The van der Waals surface area contributed by atoms with Crippen LogP contribution in [0.3, 0.4) is 0 Å². The van der Waals surface area contributed by atoms with Gasteiger partial charge in [0.2, 0.25) is 10.0 Å². The van der Waals surface area contributed by atoms with Crippen LogP contribution in [0.15, 0.2) is 29.2 Å². The van der Waals surface area contributed by atoms with Gasteiger partial charge in [-0.15, -0.1) is 0 Å². The molecule has 0 saturated carbocycles. The van der Waals surface area contributed by atoms with Gasteiger partial charge in [-0.3, -0.25) is 10.1 Å². The molecule has 22 heavy (non-hydrogen) atoms. The number of benzene rings is 1. The number of hydrogen-bond acceptors (Lipinski definition) is 5. The molecule has 122 valence electrons. The van der Waals surface area contributed by atoms with E-state index in [1.807, 2.05) is 0 Å². The van der Waals surface area contributed by atoms with Gasteiger partial charge in [-0.2, -0.15) is 0 Å². The Bertz CT molecular complexity index is 625. The van der Waals surface area contributed by atoms with Crippen LogP contribution in [0.1, 0.15) is 19.3 Å². The van der Waals surface area contributed by atoms with Gasteiger partial charge in [-0.1, -0.05) is 12.1 Å². The van der Waals surface area contributed by atoms with Gasteiger partial charge in [0.05, 0.1) is 4.92 Å². The zero-order valence-corrected chi connectivity index (χ0v) is 13.4. The molecule has 1 aliphatic rings. The van der Waals surface area contributed by atoms with Crippen LogP contribution < -0.4 is 4.72 Å². The van der Waals surface area contributed by atoms with Crippen LogP contribution >= 0.6 is 0 Å². The molecule has 0 aromatic heterocycles. The van der Waals surface area contributed by atoms with Crippen molar-refractivity contribution in [2.75, 3.05) is 26.7 Å². The molecule has 0 bridgehead atoms. The molecule has 1 aromatic rings. The summed E-state index contributed by atoms with van der Waals surface area (Å²) in [4.78, 5) is 12.2. The lowest BCUT2D eigenvalue weighted by atomic mass is 9.94. The van der Waals surface area contributed by atoms with E-state index in [4.69, 9.17) is 0 Å². The smallest absolute Gasteiger partial charge is 0.289 e. The molecule has 1 N–H and O–H groups in total. The van der Waals surface area contributed by atoms with Gasteiger partial charge in [0.25, 0.3) is 5.69 Å². The Hall–Kier alpha value is -1.51. The second-order valence-corrected chi connectivity index (χ2v) is 7.39. The molecule has 7 nitrogen and oxygen atoms in total. The van der Waals surface area contributed by atoms with E-state index in [-0.39, 0.29) is 4.90 Å². The van der Waals surface area contributed by atoms with E-state index in [2.05, 4.69) is 16.7 Å². The van der Waals surface area contributed by atoms with Crippen LogP contribution in [0.5, 0.6) is 0 Å². The summed E-state index contributed by atoms with van der Waals surface area (Å²) in [5.74, 6) is 0.504. The van der Waals surface area contributed by atoms with Gasteiger partial charge in [0.1, 0.15) is 0 Å². The van der Waals surface area contributed by atoms with Crippen molar-refractivity contribution >= 4 is 15.7 Å². The van der Waals surface area contributed by atoms with Crippen molar-refractivity contribution in [2.24, 2.45) is 5.92 Å².